The van der Waals surface area contributed by atoms with Crippen LogP contribution >= 0.6 is 0 Å². The van der Waals surface area contributed by atoms with E-state index in [1.54, 1.807) is 12.1 Å². The molecule has 0 aliphatic carbocycles. The van der Waals surface area contributed by atoms with Gasteiger partial charge in [-0.3, -0.25) is 16.0 Å². The van der Waals surface area contributed by atoms with Crippen LogP contribution in [0.5, 0.6) is 0 Å². The first-order valence-electron chi connectivity index (χ1n) is 4.64. The van der Waals surface area contributed by atoms with Gasteiger partial charge in [-0.05, 0) is 5.56 Å². The Morgan fingerprint density at radius 3 is 2.75 bits per heavy atom. The van der Waals surface area contributed by atoms with Crippen LogP contribution in [0.3, 0.4) is 0 Å². The molecule has 0 aliphatic rings. The average Bonchev–Trinajstić information content (AvgIpc) is 2.29. The summed E-state index contributed by atoms with van der Waals surface area (Å²) in [5, 5.41) is 20.3. The molecule has 6 N–H and O–H groups in total. The van der Waals surface area contributed by atoms with Crippen molar-refractivity contribution in [3.63, 3.8) is 0 Å². The number of nitro groups is 1. The molecule has 16 heavy (non-hydrogen) atoms. The highest BCUT2D eigenvalue weighted by Crippen LogP contribution is 2.16. The van der Waals surface area contributed by atoms with Gasteiger partial charge in [0.2, 0.25) is 0 Å². The molecular weight excluding hydrogens is 212 g/mol. The molecule has 1 aromatic rings. The Hall–Kier alpha value is -1.54. The van der Waals surface area contributed by atoms with E-state index >= 15 is 0 Å². The van der Waals surface area contributed by atoms with Crippen LogP contribution in [0.1, 0.15) is 5.56 Å². The summed E-state index contributed by atoms with van der Waals surface area (Å²) in [5.74, 6) is 5.15. The van der Waals surface area contributed by atoms with Crippen molar-refractivity contribution in [2.75, 3.05) is 6.54 Å². The average molecular weight is 226 g/mol. The van der Waals surface area contributed by atoms with Gasteiger partial charge < -0.3 is 10.8 Å². The summed E-state index contributed by atoms with van der Waals surface area (Å²) in [6.07, 6.45) is 0.0989. The van der Waals surface area contributed by atoms with Gasteiger partial charge in [-0.1, -0.05) is 12.1 Å². The van der Waals surface area contributed by atoms with Crippen molar-refractivity contribution >= 4 is 5.69 Å². The molecule has 0 amide bonds. The van der Waals surface area contributed by atoms with Gasteiger partial charge in [-0.15, -0.1) is 0 Å². The predicted octanol–water partition coefficient (Wildman–Crippen LogP) is -0.752. The zero-order valence-corrected chi connectivity index (χ0v) is 8.59. The second-order valence-electron chi connectivity index (χ2n) is 3.48. The summed E-state index contributed by atoms with van der Waals surface area (Å²) < 4.78 is 0. The largest absolute Gasteiger partial charge is 0.373 e. The van der Waals surface area contributed by atoms with E-state index in [4.69, 9.17) is 11.6 Å². The summed E-state index contributed by atoms with van der Waals surface area (Å²) in [5.41, 5.74) is 6.62. The van der Waals surface area contributed by atoms with Crippen LogP contribution in [-0.2, 0) is 6.42 Å². The normalized spacial score (nSPS) is 14.4. The third-order valence-electron chi connectivity index (χ3n) is 2.22. The molecule has 1 unspecified atom stereocenters. The molecule has 7 heteroatoms. The number of nitrogens with one attached hydrogen (secondary N) is 1. The SMILES string of the molecule is NCC(O)(Cc1cccc([N+](=O)[O-])c1)NN. The van der Waals surface area contributed by atoms with Crippen LogP contribution in [0.25, 0.3) is 0 Å². The second kappa shape index (κ2) is 4.99. The molecule has 0 bridgehead atoms. The quantitative estimate of drug-likeness (QED) is 0.226. The lowest BCUT2D eigenvalue weighted by Crippen LogP contribution is -2.56. The van der Waals surface area contributed by atoms with Gasteiger partial charge in [0, 0.05) is 25.1 Å². The second-order valence-corrected chi connectivity index (χ2v) is 3.48. The molecule has 0 heterocycles. The predicted molar refractivity (Wildman–Crippen MR) is 58.1 cm³/mol. The lowest BCUT2D eigenvalue weighted by atomic mass is 10.0. The smallest absolute Gasteiger partial charge is 0.269 e. The summed E-state index contributed by atoms with van der Waals surface area (Å²) in [6.45, 7) is -0.0911. The van der Waals surface area contributed by atoms with Crippen LogP contribution < -0.4 is 17.0 Å². The number of rotatable bonds is 5. The van der Waals surface area contributed by atoms with E-state index in [0.717, 1.165) is 0 Å². The number of hydrogen-bond donors (Lipinski definition) is 4. The highest BCUT2D eigenvalue weighted by Gasteiger charge is 2.24. The van der Waals surface area contributed by atoms with Crippen LogP contribution in [0.15, 0.2) is 24.3 Å². The highest BCUT2D eigenvalue weighted by atomic mass is 16.6. The fourth-order valence-corrected chi connectivity index (χ4v) is 1.30. The molecule has 1 aromatic carbocycles. The Bertz CT molecular complexity index is 379. The molecule has 1 rings (SSSR count). The first-order valence-corrected chi connectivity index (χ1v) is 4.64. The number of benzene rings is 1. The molecule has 88 valence electrons. The number of non-ortho nitro benzene ring substituents is 1. The van der Waals surface area contributed by atoms with Crippen LogP contribution in [0, 0.1) is 10.1 Å². The van der Waals surface area contributed by atoms with Crippen molar-refractivity contribution in [1.29, 1.82) is 0 Å². The zero-order valence-electron chi connectivity index (χ0n) is 8.59. The van der Waals surface area contributed by atoms with E-state index in [2.05, 4.69) is 5.43 Å². The number of hydrogen-bond acceptors (Lipinski definition) is 6. The zero-order chi connectivity index (χ0) is 12.2. The third kappa shape index (κ3) is 2.97. The Labute approximate surface area is 92.2 Å². The van der Waals surface area contributed by atoms with E-state index in [0.29, 0.717) is 5.56 Å². The van der Waals surface area contributed by atoms with Crippen molar-refractivity contribution in [1.82, 2.24) is 5.43 Å². The van der Waals surface area contributed by atoms with Crippen molar-refractivity contribution in [3.8, 4) is 0 Å². The van der Waals surface area contributed by atoms with E-state index in [1.165, 1.54) is 12.1 Å². The maximum atomic E-state index is 10.5. The third-order valence-corrected chi connectivity index (χ3v) is 2.22. The van der Waals surface area contributed by atoms with Gasteiger partial charge in [0.05, 0.1) is 4.92 Å². The van der Waals surface area contributed by atoms with Gasteiger partial charge >= 0.3 is 0 Å². The van der Waals surface area contributed by atoms with E-state index in [1.807, 2.05) is 0 Å². The minimum Gasteiger partial charge on any atom is -0.373 e. The Morgan fingerprint density at radius 2 is 2.25 bits per heavy atom. The van der Waals surface area contributed by atoms with Gasteiger partial charge in [-0.25, -0.2) is 5.43 Å². The summed E-state index contributed by atoms with van der Waals surface area (Å²) in [4.78, 5) is 10.0. The van der Waals surface area contributed by atoms with Gasteiger partial charge in [0.15, 0.2) is 0 Å². The van der Waals surface area contributed by atoms with Gasteiger partial charge in [0.1, 0.15) is 5.72 Å². The van der Waals surface area contributed by atoms with E-state index in [9.17, 15) is 15.2 Å². The highest BCUT2D eigenvalue weighted by molar-refractivity contribution is 5.34. The lowest BCUT2D eigenvalue weighted by molar-refractivity contribution is -0.384. The van der Waals surface area contributed by atoms with E-state index < -0.39 is 10.6 Å². The number of hydrazine groups is 1. The molecule has 0 radical (unpaired) electrons. The molecule has 0 aromatic heterocycles. The molecule has 0 saturated carbocycles. The molecular formula is C9H14N4O3. The number of nitro benzene ring substituents is 1. The fraction of sp³-hybridized carbons (Fsp3) is 0.333. The monoisotopic (exact) mass is 226 g/mol. The van der Waals surface area contributed by atoms with Gasteiger partial charge in [-0.2, -0.15) is 0 Å². The number of nitrogens with two attached hydrogens (primary N) is 2. The molecule has 0 spiro atoms. The molecule has 0 aliphatic heterocycles. The molecule has 7 nitrogen and oxygen atoms in total. The molecule has 0 fully saturated rings. The van der Waals surface area contributed by atoms with Crippen molar-refractivity contribution in [3.05, 3.63) is 39.9 Å². The number of aliphatic hydroxyl groups is 1. The summed E-state index contributed by atoms with van der Waals surface area (Å²) in [7, 11) is 0. The summed E-state index contributed by atoms with van der Waals surface area (Å²) >= 11 is 0. The molecule has 0 saturated heterocycles. The van der Waals surface area contributed by atoms with Crippen molar-refractivity contribution < 1.29 is 10.0 Å². The van der Waals surface area contributed by atoms with E-state index in [-0.39, 0.29) is 18.7 Å². The fourth-order valence-electron chi connectivity index (χ4n) is 1.30. The first-order chi connectivity index (χ1) is 7.50. The van der Waals surface area contributed by atoms with Crippen LogP contribution in [0.4, 0.5) is 5.69 Å². The Morgan fingerprint density at radius 1 is 1.56 bits per heavy atom. The standard InChI is InChI=1S/C9H14N4O3/c10-6-9(14,12-11)5-7-2-1-3-8(4-7)13(15)16/h1-4,12,14H,5-6,10-11H2. The van der Waals surface area contributed by atoms with Crippen molar-refractivity contribution in [2.24, 2.45) is 11.6 Å². The Kier molecular flexibility index (Phi) is 3.91. The minimum absolute atomic E-state index is 0.0334. The van der Waals surface area contributed by atoms with Crippen LogP contribution in [-0.4, -0.2) is 22.3 Å². The van der Waals surface area contributed by atoms with Gasteiger partial charge in [0.25, 0.3) is 5.69 Å². The lowest BCUT2D eigenvalue weighted by Gasteiger charge is -2.25. The topological polar surface area (TPSA) is 127 Å². The maximum absolute atomic E-state index is 10.5. The molecule has 1 atom stereocenters. The number of nitrogens with zero attached hydrogens (tertiary/aromatic N) is 1. The maximum Gasteiger partial charge on any atom is 0.269 e. The minimum atomic E-state index is -1.45. The first kappa shape index (κ1) is 12.5. The summed E-state index contributed by atoms with van der Waals surface area (Å²) in [6, 6.07) is 5.95. The van der Waals surface area contributed by atoms with Crippen molar-refractivity contribution in [2.45, 2.75) is 12.1 Å². The Balaban J connectivity index is 2.89. The van der Waals surface area contributed by atoms with Crippen LogP contribution in [0.2, 0.25) is 0 Å².